The molecular weight excluding hydrogens is 407 g/mol. The summed E-state index contributed by atoms with van der Waals surface area (Å²) < 4.78 is 15.0. The van der Waals surface area contributed by atoms with Crippen molar-refractivity contribution < 1.29 is 4.39 Å². The second-order valence-electron chi connectivity index (χ2n) is 7.33. The number of nitrogens with zero attached hydrogens (tertiary/aromatic N) is 3. The van der Waals surface area contributed by atoms with E-state index in [0.29, 0.717) is 12.1 Å². The topological polar surface area (TPSA) is 50.7 Å². The molecule has 3 aromatic heterocycles. The summed E-state index contributed by atoms with van der Waals surface area (Å²) in [4.78, 5) is 13.2. The van der Waals surface area contributed by atoms with Gasteiger partial charge in [-0.25, -0.2) is 9.37 Å². The molecule has 31 heavy (non-hydrogen) atoms. The summed E-state index contributed by atoms with van der Waals surface area (Å²) in [5, 5.41) is 3.44. The van der Waals surface area contributed by atoms with E-state index in [1.165, 1.54) is 6.07 Å². The van der Waals surface area contributed by atoms with E-state index in [0.717, 1.165) is 43.9 Å². The van der Waals surface area contributed by atoms with Crippen LogP contribution in [0.3, 0.4) is 0 Å². The van der Waals surface area contributed by atoms with Gasteiger partial charge in [0.15, 0.2) is 0 Å². The van der Waals surface area contributed by atoms with Crippen LogP contribution in [0.15, 0.2) is 78.7 Å². The lowest BCUT2D eigenvalue weighted by atomic mass is 9.97. The van der Waals surface area contributed by atoms with Crippen LogP contribution >= 0.6 is 11.3 Å². The third-order valence-electron chi connectivity index (χ3n) is 5.21. The van der Waals surface area contributed by atoms with E-state index in [1.807, 2.05) is 36.0 Å². The molecule has 5 rings (SSSR count). The molecule has 0 radical (unpaired) electrons. The molecule has 4 nitrogen and oxygen atoms in total. The van der Waals surface area contributed by atoms with Crippen molar-refractivity contribution in [3.8, 4) is 22.4 Å². The Morgan fingerprint density at radius 3 is 2.61 bits per heavy atom. The van der Waals surface area contributed by atoms with Gasteiger partial charge in [-0.1, -0.05) is 6.07 Å². The maximum Gasteiger partial charge on any atom is 0.126 e. The molecule has 3 heterocycles. The van der Waals surface area contributed by atoms with Gasteiger partial charge in [0.1, 0.15) is 5.82 Å². The van der Waals surface area contributed by atoms with E-state index in [4.69, 9.17) is 4.98 Å². The molecule has 0 aliphatic heterocycles. The zero-order valence-electron chi connectivity index (χ0n) is 16.8. The molecule has 0 unspecified atom stereocenters. The monoisotopic (exact) mass is 426 g/mol. The fourth-order valence-electron chi connectivity index (χ4n) is 3.53. The fraction of sp³-hybridized carbons (Fsp3) is 0.0800. The molecule has 6 heteroatoms. The number of anilines is 1. The van der Waals surface area contributed by atoms with Gasteiger partial charge in [0.25, 0.3) is 0 Å². The Labute approximate surface area is 183 Å². The minimum Gasteiger partial charge on any atom is -0.380 e. The third kappa shape index (κ3) is 4.02. The van der Waals surface area contributed by atoms with Gasteiger partial charge < -0.3 is 5.32 Å². The number of hydrogen-bond donors (Lipinski definition) is 1. The summed E-state index contributed by atoms with van der Waals surface area (Å²) in [6.07, 6.45) is 5.39. The Balaban J connectivity index is 1.58. The van der Waals surface area contributed by atoms with E-state index in [9.17, 15) is 4.39 Å². The second kappa shape index (κ2) is 8.24. The number of nitrogens with one attached hydrogen (secondary N) is 1. The van der Waals surface area contributed by atoms with E-state index in [1.54, 1.807) is 36.7 Å². The first-order chi connectivity index (χ1) is 15.2. The first-order valence-corrected chi connectivity index (χ1v) is 10.8. The molecule has 152 valence electrons. The molecule has 0 spiro atoms. The highest BCUT2D eigenvalue weighted by Crippen LogP contribution is 2.35. The summed E-state index contributed by atoms with van der Waals surface area (Å²) >= 11 is 1.61. The highest BCUT2D eigenvalue weighted by atomic mass is 32.1. The molecular formula is C25H19FN4S. The summed E-state index contributed by atoms with van der Waals surface area (Å²) in [6, 6.07) is 17.4. The average molecular weight is 427 g/mol. The molecule has 1 N–H and O–H groups in total. The second-order valence-corrected chi connectivity index (χ2v) is 8.21. The Hall–Kier alpha value is -3.64. The third-order valence-corrected chi connectivity index (χ3v) is 6.00. The van der Waals surface area contributed by atoms with E-state index >= 15 is 0 Å². The number of fused-ring (bicyclic) bond motifs is 1. The van der Waals surface area contributed by atoms with Crippen molar-refractivity contribution in [2.24, 2.45) is 0 Å². The van der Waals surface area contributed by atoms with Gasteiger partial charge in [-0.2, -0.15) is 0 Å². The molecule has 0 fully saturated rings. The van der Waals surface area contributed by atoms with Crippen molar-refractivity contribution in [2.75, 3.05) is 5.32 Å². The Bertz CT molecular complexity index is 1360. The highest BCUT2D eigenvalue weighted by molar-refractivity contribution is 7.16. The molecule has 0 bridgehead atoms. The van der Waals surface area contributed by atoms with Gasteiger partial charge in [0.2, 0.25) is 0 Å². The number of aryl methyl sites for hydroxylation is 1. The van der Waals surface area contributed by atoms with Crippen LogP contribution in [0.2, 0.25) is 0 Å². The van der Waals surface area contributed by atoms with Crippen LogP contribution in [0.1, 0.15) is 11.1 Å². The van der Waals surface area contributed by atoms with Crippen molar-refractivity contribution in [3.63, 3.8) is 0 Å². The predicted octanol–water partition coefficient (Wildman–Crippen LogP) is 6.48. The zero-order chi connectivity index (χ0) is 21.2. The summed E-state index contributed by atoms with van der Waals surface area (Å²) in [5.41, 5.74) is 9.23. The number of halogens is 1. The van der Waals surface area contributed by atoms with Crippen molar-refractivity contribution in [1.82, 2.24) is 15.0 Å². The maximum atomic E-state index is 13.9. The Morgan fingerprint density at radius 1 is 0.935 bits per heavy atom. The normalized spacial score (nSPS) is 11.0. The molecule has 0 atom stereocenters. The van der Waals surface area contributed by atoms with Gasteiger partial charge in [-0.15, -0.1) is 11.3 Å². The number of rotatable bonds is 5. The molecule has 0 amide bonds. The lowest BCUT2D eigenvalue weighted by Gasteiger charge is -2.14. The average Bonchev–Trinajstić information content (AvgIpc) is 3.28. The summed E-state index contributed by atoms with van der Waals surface area (Å²) in [7, 11) is 0. The van der Waals surface area contributed by atoms with Gasteiger partial charge in [-0.05, 0) is 72.1 Å². The quantitative estimate of drug-likeness (QED) is 0.349. The van der Waals surface area contributed by atoms with Gasteiger partial charge in [-0.3, -0.25) is 9.97 Å². The van der Waals surface area contributed by atoms with E-state index < -0.39 is 0 Å². The van der Waals surface area contributed by atoms with Crippen molar-refractivity contribution in [3.05, 3.63) is 95.6 Å². The highest BCUT2D eigenvalue weighted by Gasteiger charge is 2.13. The summed E-state index contributed by atoms with van der Waals surface area (Å²) in [6.45, 7) is 2.44. The summed E-state index contributed by atoms with van der Waals surface area (Å²) in [5.74, 6) is -0.216. The Kier molecular flexibility index (Phi) is 5.14. The molecule has 0 saturated carbocycles. The number of benzene rings is 2. The largest absolute Gasteiger partial charge is 0.380 e. The standard InChI is InChI=1S/C25H19FN4S/c1-16-10-19(2-4-22(16)26)25-21(18-3-5-23-24(11-18)31-15-30-23)12-20(14-29-25)28-13-17-6-8-27-9-7-17/h2-12,14-15,28H,13H2,1H3. The van der Waals surface area contributed by atoms with Crippen LogP contribution in [0.25, 0.3) is 32.6 Å². The van der Waals surface area contributed by atoms with Crippen molar-refractivity contribution in [2.45, 2.75) is 13.5 Å². The van der Waals surface area contributed by atoms with Crippen LogP contribution < -0.4 is 5.32 Å². The minimum absolute atomic E-state index is 0.216. The first-order valence-electron chi connectivity index (χ1n) is 9.90. The number of hydrogen-bond acceptors (Lipinski definition) is 5. The molecule has 2 aromatic carbocycles. The predicted molar refractivity (Wildman–Crippen MR) is 125 cm³/mol. The lowest BCUT2D eigenvalue weighted by Crippen LogP contribution is -2.01. The fourth-order valence-corrected chi connectivity index (χ4v) is 4.25. The van der Waals surface area contributed by atoms with Crippen molar-refractivity contribution >= 4 is 27.2 Å². The number of aromatic nitrogens is 3. The van der Waals surface area contributed by atoms with Crippen LogP contribution in [-0.2, 0) is 6.54 Å². The lowest BCUT2D eigenvalue weighted by molar-refractivity contribution is 0.619. The molecule has 5 aromatic rings. The molecule has 0 aliphatic rings. The molecule has 0 saturated heterocycles. The molecule has 0 aliphatic carbocycles. The Morgan fingerprint density at radius 2 is 1.77 bits per heavy atom. The van der Waals surface area contributed by atoms with Gasteiger partial charge >= 0.3 is 0 Å². The number of pyridine rings is 2. The van der Waals surface area contributed by atoms with E-state index in [2.05, 4.69) is 33.5 Å². The van der Waals surface area contributed by atoms with Crippen molar-refractivity contribution in [1.29, 1.82) is 0 Å². The van der Waals surface area contributed by atoms with Gasteiger partial charge in [0, 0.05) is 30.1 Å². The van der Waals surface area contributed by atoms with Crippen LogP contribution in [0.5, 0.6) is 0 Å². The minimum atomic E-state index is -0.216. The first kappa shape index (κ1) is 19.3. The zero-order valence-corrected chi connectivity index (χ0v) is 17.7. The van der Waals surface area contributed by atoms with Crippen LogP contribution in [0, 0.1) is 12.7 Å². The maximum absolute atomic E-state index is 13.9. The van der Waals surface area contributed by atoms with Gasteiger partial charge in [0.05, 0.1) is 33.3 Å². The van der Waals surface area contributed by atoms with Crippen LogP contribution in [0.4, 0.5) is 10.1 Å². The van der Waals surface area contributed by atoms with E-state index in [-0.39, 0.29) is 5.82 Å². The number of thiazole rings is 1. The smallest absolute Gasteiger partial charge is 0.126 e. The van der Waals surface area contributed by atoms with Crippen LogP contribution in [-0.4, -0.2) is 15.0 Å². The SMILES string of the molecule is Cc1cc(-c2ncc(NCc3ccncc3)cc2-c2ccc3ncsc3c2)ccc1F.